The standard InChI is InChI=1S/C52H75F3N4O7/c1-34(2)26-36(5)42(52(53,54)55)29-40(27-37-18-12-10-13-19-37)48(63)58-25-17-23-44(58)46(61)30-41(35(3)4)47(62)57-43(22-16-24-56-49(64)66-33-38-20-14-11-15-21-38)45(60)28-39-31-50(6,7)59(65)51(8,9)32-39/h10-15,18-21,29,34-36,39-41,43-44,65H,16-17,22-28,30-33H2,1-9H3,(H,56,64)(H,57,62)/b42-29-/t36-,40-,41-,43-,44-/m0/s1. The van der Waals surface area contributed by atoms with E-state index in [9.17, 15) is 42.4 Å². The topological polar surface area (TPSA) is 145 Å². The third-order valence-electron chi connectivity index (χ3n) is 13.2. The van der Waals surface area contributed by atoms with Gasteiger partial charge in [0.15, 0.2) is 11.6 Å². The lowest BCUT2D eigenvalue weighted by molar-refractivity contribution is -0.251. The van der Waals surface area contributed by atoms with Crippen molar-refractivity contribution < 1.29 is 47.1 Å². The number of allylic oxidation sites excluding steroid dienone is 1. The van der Waals surface area contributed by atoms with E-state index in [4.69, 9.17) is 4.74 Å². The summed E-state index contributed by atoms with van der Waals surface area (Å²) in [5.74, 6) is -4.94. The molecule has 0 unspecified atom stereocenters. The van der Waals surface area contributed by atoms with Crippen molar-refractivity contribution in [1.82, 2.24) is 20.6 Å². The molecule has 3 amide bonds. The SMILES string of the molecule is CC(C)C[C@H](C)/C(=C/[C@H](Cc1ccccc1)C(=O)N1CCC[C@H]1C(=O)C[C@H](C(=O)N[C@@H](CCCNC(=O)OCc1ccccc1)C(=O)CC1CC(C)(C)N(O)C(C)(C)C1)C(C)C)C(F)(F)F. The highest BCUT2D eigenvalue weighted by molar-refractivity contribution is 5.95. The zero-order chi connectivity index (χ0) is 49.0. The first-order chi connectivity index (χ1) is 30.9. The van der Waals surface area contributed by atoms with E-state index in [1.807, 2.05) is 71.9 Å². The fourth-order valence-corrected chi connectivity index (χ4v) is 10.1. The summed E-state index contributed by atoms with van der Waals surface area (Å²) in [6.45, 7) is 17.0. The Morgan fingerprint density at radius 1 is 0.894 bits per heavy atom. The predicted molar refractivity (Wildman–Crippen MR) is 249 cm³/mol. The van der Waals surface area contributed by atoms with Gasteiger partial charge in [-0.25, -0.2) is 4.79 Å². The summed E-state index contributed by atoms with van der Waals surface area (Å²) in [7, 11) is 0. The third-order valence-corrected chi connectivity index (χ3v) is 13.2. The Morgan fingerprint density at radius 2 is 1.48 bits per heavy atom. The smallest absolute Gasteiger partial charge is 0.412 e. The van der Waals surface area contributed by atoms with Crippen LogP contribution in [0.3, 0.4) is 0 Å². The molecule has 2 fully saturated rings. The van der Waals surface area contributed by atoms with E-state index in [0.717, 1.165) is 11.6 Å². The molecule has 11 nitrogen and oxygen atoms in total. The molecule has 0 aliphatic carbocycles. The highest BCUT2D eigenvalue weighted by atomic mass is 19.4. The van der Waals surface area contributed by atoms with Crippen LogP contribution < -0.4 is 10.6 Å². The molecule has 2 heterocycles. The monoisotopic (exact) mass is 925 g/mol. The van der Waals surface area contributed by atoms with Crippen LogP contribution in [0.4, 0.5) is 18.0 Å². The molecule has 3 N–H and O–H groups in total. The van der Waals surface area contributed by atoms with Gasteiger partial charge in [0.25, 0.3) is 0 Å². The Hall–Kier alpha value is -4.56. The number of likely N-dealkylation sites (tertiary alicyclic amines) is 1. The van der Waals surface area contributed by atoms with E-state index in [-0.39, 0.29) is 81.1 Å². The second-order valence-corrected chi connectivity index (χ2v) is 20.7. The first kappa shape index (κ1) is 54.0. The van der Waals surface area contributed by atoms with Crippen LogP contribution in [-0.4, -0.2) is 87.1 Å². The van der Waals surface area contributed by atoms with Crippen molar-refractivity contribution in [2.75, 3.05) is 13.1 Å². The Kier molecular flexibility index (Phi) is 19.6. The van der Waals surface area contributed by atoms with Crippen molar-refractivity contribution in [2.45, 2.75) is 162 Å². The van der Waals surface area contributed by atoms with Crippen molar-refractivity contribution in [3.8, 4) is 0 Å². The minimum absolute atomic E-state index is 0.00248. The Labute approximate surface area is 390 Å². The Bertz CT molecular complexity index is 1930. The molecule has 0 saturated carbocycles. The maximum atomic E-state index is 14.7. The molecule has 5 atom stereocenters. The quantitative estimate of drug-likeness (QED) is 0.0782. The van der Waals surface area contributed by atoms with Crippen molar-refractivity contribution in [3.63, 3.8) is 0 Å². The number of carbonyl (C=O) groups is 5. The molecule has 0 radical (unpaired) electrons. The molecule has 0 aromatic heterocycles. The van der Waals surface area contributed by atoms with Crippen LogP contribution in [0, 0.1) is 35.5 Å². The minimum Gasteiger partial charge on any atom is -0.445 e. The third kappa shape index (κ3) is 15.8. The van der Waals surface area contributed by atoms with Crippen LogP contribution in [0.15, 0.2) is 72.3 Å². The lowest BCUT2D eigenvalue weighted by atomic mass is 9.73. The van der Waals surface area contributed by atoms with Crippen molar-refractivity contribution >= 4 is 29.5 Å². The molecule has 14 heteroatoms. The van der Waals surface area contributed by atoms with Crippen LogP contribution in [-0.2, 0) is 36.9 Å². The van der Waals surface area contributed by atoms with Gasteiger partial charge in [0.2, 0.25) is 11.8 Å². The predicted octanol–water partition coefficient (Wildman–Crippen LogP) is 10.0. The van der Waals surface area contributed by atoms with Crippen LogP contribution in [0.25, 0.3) is 0 Å². The molecule has 366 valence electrons. The molecule has 66 heavy (non-hydrogen) atoms. The summed E-state index contributed by atoms with van der Waals surface area (Å²) >= 11 is 0. The summed E-state index contributed by atoms with van der Waals surface area (Å²) in [6, 6.07) is 16.2. The van der Waals surface area contributed by atoms with Gasteiger partial charge in [0, 0.05) is 48.5 Å². The van der Waals surface area contributed by atoms with E-state index >= 15 is 0 Å². The number of rotatable bonds is 22. The number of nitrogens with zero attached hydrogens (tertiary/aromatic N) is 2. The van der Waals surface area contributed by atoms with Crippen molar-refractivity contribution in [1.29, 1.82) is 0 Å². The number of hydroxylamine groups is 2. The average Bonchev–Trinajstić information content (AvgIpc) is 3.73. The van der Waals surface area contributed by atoms with E-state index in [1.54, 1.807) is 44.2 Å². The fraction of sp³-hybridized carbons (Fsp3) is 0.635. The summed E-state index contributed by atoms with van der Waals surface area (Å²) in [4.78, 5) is 71.2. The number of Topliss-reactive ketones (excluding diaryl/α,β-unsaturated/α-hetero) is 2. The zero-order valence-corrected chi connectivity index (χ0v) is 40.6. The maximum absolute atomic E-state index is 14.7. The van der Waals surface area contributed by atoms with Gasteiger partial charge >= 0.3 is 12.3 Å². The van der Waals surface area contributed by atoms with E-state index < -0.39 is 70.6 Å². The number of alkyl carbamates (subject to hydrolysis) is 1. The van der Waals surface area contributed by atoms with Gasteiger partial charge in [0.05, 0.1) is 18.0 Å². The minimum atomic E-state index is -4.66. The number of ketones is 2. The van der Waals surface area contributed by atoms with Gasteiger partial charge in [-0.15, -0.1) is 0 Å². The van der Waals surface area contributed by atoms with Gasteiger partial charge in [-0.1, -0.05) is 101 Å². The molecule has 0 spiro atoms. The van der Waals surface area contributed by atoms with Crippen LogP contribution in [0.5, 0.6) is 0 Å². The molecular weight excluding hydrogens is 850 g/mol. The van der Waals surface area contributed by atoms with Gasteiger partial charge in [-0.2, -0.15) is 18.2 Å². The molecule has 2 aromatic carbocycles. The zero-order valence-electron chi connectivity index (χ0n) is 40.6. The molecule has 0 bridgehead atoms. The lowest BCUT2D eigenvalue weighted by Gasteiger charge is -2.51. The van der Waals surface area contributed by atoms with Crippen molar-refractivity contribution in [3.05, 3.63) is 83.4 Å². The number of piperidine rings is 1. The molecular formula is C52H75F3N4O7. The van der Waals surface area contributed by atoms with E-state index in [1.165, 1.54) is 16.9 Å². The number of hydrogen-bond donors (Lipinski definition) is 3. The number of benzene rings is 2. The molecule has 2 saturated heterocycles. The molecule has 2 aromatic rings. The normalized spacial score (nSPS) is 19.8. The second kappa shape index (κ2) is 23.9. The number of halogens is 3. The average molecular weight is 925 g/mol. The Balaban J connectivity index is 1.52. The van der Waals surface area contributed by atoms with E-state index in [2.05, 4.69) is 10.6 Å². The first-order valence-electron chi connectivity index (χ1n) is 23.8. The maximum Gasteiger partial charge on any atom is 0.412 e. The molecule has 2 aliphatic rings. The van der Waals surface area contributed by atoms with Crippen LogP contribution in [0.2, 0.25) is 0 Å². The first-order valence-corrected chi connectivity index (χ1v) is 23.8. The summed E-state index contributed by atoms with van der Waals surface area (Å²) in [5, 5.41) is 17.9. The summed E-state index contributed by atoms with van der Waals surface area (Å²) in [5.41, 5.74) is -0.426. The van der Waals surface area contributed by atoms with Gasteiger partial charge in [0.1, 0.15) is 6.61 Å². The number of amides is 3. The molecule has 4 rings (SSSR count). The van der Waals surface area contributed by atoms with Crippen LogP contribution in [0.1, 0.15) is 131 Å². The van der Waals surface area contributed by atoms with Crippen LogP contribution >= 0.6 is 0 Å². The van der Waals surface area contributed by atoms with Crippen molar-refractivity contribution in [2.24, 2.45) is 35.5 Å². The second-order valence-electron chi connectivity index (χ2n) is 20.7. The highest BCUT2D eigenvalue weighted by Gasteiger charge is 2.46. The number of ether oxygens (including phenoxy) is 1. The Morgan fingerprint density at radius 3 is 2.05 bits per heavy atom. The number of hydrogen-bond acceptors (Lipinski definition) is 8. The fourth-order valence-electron chi connectivity index (χ4n) is 10.1. The number of carbonyl (C=O) groups excluding carboxylic acids is 5. The van der Waals surface area contributed by atoms with E-state index in [0.29, 0.717) is 37.7 Å². The van der Waals surface area contributed by atoms with Gasteiger partial charge in [-0.3, -0.25) is 19.2 Å². The number of nitrogens with one attached hydrogen (secondary N) is 2. The highest BCUT2D eigenvalue weighted by Crippen LogP contribution is 2.42. The summed E-state index contributed by atoms with van der Waals surface area (Å²) in [6.07, 6.45) is -1.56. The van der Waals surface area contributed by atoms with Gasteiger partial charge in [-0.05, 0) is 114 Å². The molecule has 2 aliphatic heterocycles. The largest absolute Gasteiger partial charge is 0.445 e. The lowest BCUT2D eigenvalue weighted by Crippen LogP contribution is -2.59. The number of alkyl halides is 3. The summed E-state index contributed by atoms with van der Waals surface area (Å²) < 4.78 is 49.3. The van der Waals surface area contributed by atoms with Gasteiger partial charge < -0.3 is 25.5 Å².